The van der Waals surface area contributed by atoms with E-state index in [1.54, 1.807) is 0 Å². The van der Waals surface area contributed by atoms with Gasteiger partial charge in [0.2, 0.25) is 0 Å². The van der Waals surface area contributed by atoms with Gasteiger partial charge in [-0.2, -0.15) is 0 Å². The Balaban J connectivity index is 2.18. The van der Waals surface area contributed by atoms with Crippen molar-refractivity contribution in [2.24, 2.45) is 5.11 Å². The molecule has 0 fully saturated rings. The lowest BCUT2D eigenvalue weighted by Crippen LogP contribution is -2.36. The molecule has 1 rings (SSSR count). The highest BCUT2D eigenvalue weighted by Gasteiger charge is 1.98. The third-order valence-corrected chi connectivity index (χ3v) is 1.86. The summed E-state index contributed by atoms with van der Waals surface area (Å²) in [5, 5.41) is 8.56. The zero-order valence-electron chi connectivity index (χ0n) is 8.76. The van der Waals surface area contributed by atoms with Gasteiger partial charge in [0.1, 0.15) is 0 Å². The van der Waals surface area contributed by atoms with E-state index in [0.717, 1.165) is 5.56 Å². The molecule has 0 atom stereocenters. The summed E-state index contributed by atoms with van der Waals surface area (Å²) in [5.74, 6) is 0. The molecule has 6 heteroatoms. The summed E-state index contributed by atoms with van der Waals surface area (Å²) in [6.45, 7) is 1.08. The summed E-state index contributed by atoms with van der Waals surface area (Å²) in [4.78, 5) is 13.8. The van der Waals surface area contributed by atoms with E-state index in [-0.39, 0.29) is 12.6 Å². The number of nitrogens with zero attached hydrogens (tertiary/aromatic N) is 3. The molecule has 0 aliphatic heterocycles. The Morgan fingerprint density at radius 1 is 1.31 bits per heavy atom. The first-order chi connectivity index (χ1) is 7.83. The molecule has 0 unspecified atom stereocenters. The van der Waals surface area contributed by atoms with Gasteiger partial charge >= 0.3 is 6.03 Å². The maximum atomic E-state index is 11.2. The molecule has 2 amide bonds. The molecule has 0 heterocycles. The SMILES string of the molecule is [N-]=[N+]=NCCNC(=O)NCc1ccccc1. The largest absolute Gasteiger partial charge is 0.338 e. The molecule has 0 aliphatic rings. The van der Waals surface area contributed by atoms with Gasteiger partial charge in [-0.3, -0.25) is 0 Å². The smallest absolute Gasteiger partial charge is 0.315 e. The number of nitrogens with one attached hydrogen (secondary N) is 2. The van der Waals surface area contributed by atoms with Crippen LogP contribution in [-0.4, -0.2) is 19.1 Å². The van der Waals surface area contributed by atoms with E-state index in [4.69, 9.17) is 5.53 Å². The Bertz CT molecular complexity index is 372. The maximum absolute atomic E-state index is 11.2. The number of amides is 2. The van der Waals surface area contributed by atoms with Gasteiger partial charge < -0.3 is 10.6 Å². The van der Waals surface area contributed by atoms with Crippen LogP contribution in [0.5, 0.6) is 0 Å². The van der Waals surface area contributed by atoms with Crippen LogP contribution >= 0.6 is 0 Å². The average Bonchev–Trinajstić information content (AvgIpc) is 2.33. The van der Waals surface area contributed by atoms with Crippen molar-refractivity contribution in [2.45, 2.75) is 6.54 Å². The van der Waals surface area contributed by atoms with Gasteiger partial charge in [-0.15, -0.1) is 0 Å². The first kappa shape index (κ1) is 11.9. The summed E-state index contributed by atoms with van der Waals surface area (Å²) in [5.41, 5.74) is 9.05. The molecule has 0 saturated heterocycles. The van der Waals surface area contributed by atoms with Crippen LogP contribution < -0.4 is 10.6 Å². The highest BCUT2D eigenvalue weighted by Crippen LogP contribution is 1.96. The lowest BCUT2D eigenvalue weighted by molar-refractivity contribution is 0.241. The minimum atomic E-state index is -0.267. The Morgan fingerprint density at radius 3 is 2.75 bits per heavy atom. The first-order valence-electron chi connectivity index (χ1n) is 4.89. The molecule has 0 bridgehead atoms. The van der Waals surface area contributed by atoms with Crippen LogP contribution in [0.25, 0.3) is 10.4 Å². The van der Waals surface area contributed by atoms with Crippen LogP contribution in [0.4, 0.5) is 4.79 Å². The van der Waals surface area contributed by atoms with Crippen molar-refractivity contribution in [1.82, 2.24) is 10.6 Å². The fourth-order valence-corrected chi connectivity index (χ4v) is 1.10. The Kier molecular flexibility index (Phi) is 5.30. The highest BCUT2D eigenvalue weighted by atomic mass is 16.2. The molecule has 2 N–H and O–H groups in total. The van der Waals surface area contributed by atoms with Crippen LogP contribution in [0.2, 0.25) is 0 Å². The van der Waals surface area contributed by atoms with E-state index in [1.807, 2.05) is 30.3 Å². The molecule has 0 saturated carbocycles. The summed E-state index contributed by atoms with van der Waals surface area (Å²) in [6, 6.07) is 9.34. The second-order valence-electron chi connectivity index (χ2n) is 3.05. The van der Waals surface area contributed by atoms with Gasteiger partial charge in [-0.05, 0) is 11.1 Å². The predicted molar refractivity (Wildman–Crippen MR) is 60.7 cm³/mol. The van der Waals surface area contributed by atoms with Crippen LogP contribution in [0.15, 0.2) is 35.4 Å². The average molecular weight is 219 g/mol. The van der Waals surface area contributed by atoms with E-state index in [9.17, 15) is 4.79 Å². The number of rotatable bonds is 5. The molecule has 0 aliphatic carbocycles. The number of benzene rings is 1. The summed E-state index contributed by atoms with van der Waals surface area (Å²) < 4.78 is 0. The fraction of sp³-hybridized carbons (Fsp3) is 0.300. The number of hydrogen-bond acceptors (Lipinski definition) is 2. The molecule has 0 radical (unpaired) electrons. The van der Waals surface area contributed by atoms with Crippen molar-refractivity contribution in [1.29, 1.82) is 0 Å². The van der Waals surface area contributed by atoms with E-state index in [0.29, 0.717) is 13.1 Å². The van der Waals surface area contributed by atoms with E-state index in [1.165, 1.54) is 0 Å². The second kappa shape index (κ2) is 7.14. The molecule has 16 heavy (non-hydrogen) atoms. The zero-order chi connectivity index (χ0) is 11.6. The van der Waals surface area contributed by atoms with Gasteiger partial charge in [0.15, 0.2) is 0 Å². The Morgan fingerprint density at radius 2 is 2.06 bits per heavy atom. The topological polar surface area (TPSA) is 89.9 Å². The number of urea groups is 1. The van der Waals surface area contributed by atoms with Gasteiger partial charge in [0, 0.05) is 24.5 Å². The summed E-state index contributed by atoms with van der Waals surface area (Å²) >= 11 is 0. The summed E-state index contributed by atoms with van der Waals surface area (Å²) in [6.07, 6.45) is 0. The number of hydrogen-bond donors (Lipinski definition) is 2. The zero-order valence-corrected chi connectivity index (χ0v) is 8.76. The van der Waals surface area contributed by atoms with Crippen molar-refractivity contribution < 1.29 is 4.79 Å². The first-order valence-corrected chi connectivity index (χ1v) is 4.89. The lowest BCUT2D eigenvalue weighted by Gasteiger charge is -2.06. The number of azide groups is 1. The molecule has 0 spiro atoms. The van der Waals surface area contributed by atoms with Gasteiger partial charge in [-0.25, -0.2) is 4.79 Å². The second-order valence-corrected chi connectivity index (χ2v) is 3.05. The highest BCUT2D eigenvalue weighted by molar-refractivity contribution is 5.73. The standard InChI is InChI=1S/C10H13N5O/c11-15-14-7-6-12-10(16)13-8-9-4-2-1-3-5-9/h1-5H,6-8H2,(H2,12,13,16). The van der Waals surface area contributed by atoms with Crippen molar-refractivity contribution in [2.75, 3.05) is 13.1 Å². The maximum Gasteiger partial charge on any atom is 0.315 e. The van der Waals surface area contributed by atoms with E-state index in [2.05, 4.69) is 20.7 Å². The quantitative estimate of drug-likeness (QED) is 0.336. The third-order valence-electron chi connectivity index (χ3n) is 1.86. The van der Waals surface area contributed by atoms with Crippen molar-refractivity contribution in [3.63, 3.8) is 0 Å². The minimum absolute atomic E-state index is 0.259. The molecule has 84 valence electrons. The molecular weight excluding hydrogens is 206 g/mol. The molecule has 1 aromatic rings. The van der Waals surface area contributed by atoms with E-state index < -0.39 is 0 Å². The van der Waals surface area contributed by atoms with Crippen LogP contribution in [0, 0.1) is 0 Å². The number of carbonyl (C=O) groups is 1. The van der Waals surface area contributed by atoms with Gasteiger partial charge in [0.25, 0.3) is 0 Å². The van der Waals surface area contributed by atoms with Crippen LogP contribution in [0.1, 0.15) is 5.56 Å². The Hall–Kier alpha value is -2.20. The van der Waals surface area contributed by atoms with Crippen molar-refractivity contribution >= 4 is 6.03 Å². The molecule has 1 aromatic carbocycles. The minimum Gasteiger partial charge on any atom is -0.338 e. The third kappa shape index (κ3) is 4.88. The molecule has 0 aromatic heterocycles. The Labute approximate surface area is 93.3 Å². The van der Waals surface area contributed by atoms with Gasteiger partial charge in [0.05, 0.1) is 0 Å². The molecule has 6 nitrogen and oxygen atoms in total. The summed E-state index contributed by atoms with van der Waals surface area (Å²) in [7, 11) is 0. The number of carbonyl (C=O) groups excluding carboxylic acids is 1. The van der Waals surface area contributed by atoms with Crippen molar-refractivity contribution in [3.8, 4) is 0 Å². The van der Waals surface area contributed by atoms with Crippen LogP contribution in [0.3, 0.4) is 0 Å². The fourth-order valence-electron chi connectivity index (χ4n) is 1.10. The van der Waals surface area contributed by atoms with Gasteiger partial charge in [-0.1, -0.05) is 35.4 Å². The monoisotopic (exact) mass is 219 g/mol. The molecular formula is C10H13N5O. The predicted octanol–water partition coefficient (Wildman–Crippen LogP) is 1.80. The van der Waals surface area contributed by atoms with Crippen molar-refractivity contribution in [3.05, 3.63) is 46.3 Å². The van der Waals surface area contributed by atoms with Crippen LogP contribution in [-0.2, 0) is 6.54 Å². The van der Waals surface area contributed by atoms with E-state index >= 15 is 0 Å². The lowest BCUT2D eigenvalue weighted by atomic mass is 10.2. The normalized spacial score (nSPS) is 9.00.